The van der Waals surface area contributed by atoms with Gasteiger partial charge < -0.3 is 5.11 Å². The van der Waals surface area contributed by atoms with Gasteiger partial charge in [0.1, 0.15) is 0 Å². The van der Waals surface area contributed by atoms with Crippen molar-refractivity contribution in [1.29, 1.82) is 0 Å². The topological polar surface area (TPSA) is 49.3 Å². The lowest BCUT2D eigenvalue weighted by atomic mass is 10.0. The van der Waals surface area contributed by atoms with E-state index in [1.165, 1.54) is 24.3 Å². The molecule has 0 fully saturated rings. The van der Waals surface area contributed by atoms with Crippen molar-refractivity contribution < 1.29 is 23.1 Å². The molecule has 6 heteroatoms. The maximum Gasteiger partial charge on any atom is 0.409 e. The lowest BCUT2D eigenvalue weighted by Crippen LogP contribution is -2.17. The molecule has 0 saturated heterocycles. The zero-order chi connectivity index (χ0) is 12.3. The van der Waals surface area contributed by atoms with Crippen molar-refractivity contribution in [1.82, 2.24) is 0 Å². The Labute approximate surface area is 89.9 Å². The number of carbonyl (C=O) groups is 1. The molecule has 88 valence electrons. The van der Waals surface area contributed by atoms with Crippen LogP contribution in [0.2, 0.25) is 0 Å². The van der Waals surface area contributed by atoms with Gasteiger partial charge in [0.2, 0.25) is 0 Å². The molecule has 0 bridgehead atoms. The molecular weight excluding hydrogens is 223 g/mol. The number of alkyl halides is 3. The van der Waals surface area contributed by atoms with Crippen molar-refractivity contribution in [3.05, 3.63) is 29.8 Å². The van der Waals surface area contributed by atoms with E-state index in [4.69, 9.17) is 5.11 Å². The van der Waals surface area contributed by atoms with Crippen LogP contribution in [-0.2, 0) is 0 Å². The molecule has 0 heterocycles. The average molecular weight is 233 g/mol. The van der Waals surface area contributed by atoms with Crippen LogP contribution in [0.5, 0.6) is 0 Å². The van der Waals surface area contributed by atoms with Crippen LogP contribution in [0.4, 0.5) is 23.7 Å². The first-order valence-electron chi connectivity index (χ1n) is 4.47. The van der Waals surface area contributed by atoms with Crippen LogP contribution in [0.15, 0.2) is 24.3 Å². The van der Waals surface area contributed by atoms with Crippen molar-refractivity contribution in [3.8, 4) is 0 Å². The molecule has 0 spiro atoms. The van der Waals surface area contributed by atoms with E-state index in [0.29, 0.717) is 0 Å². The number of hydrogen-bond donors (Lipinski definition) is 2. The van der Waals surface area contributed by atoms with Crippen LogP contribution >= 0.6 is 0 Å². The SMILES string of the molecule is CC(c1ccc(NC(=O)O)cc1)C(F)(F)F. The second-order valence-corrected chi connectivity index (χ2v) is 3.32. The van der Waals surface area contributed by atoms with Crippen LogP contribution < -0.4 is 5.32 Å². The van der Waals surface area contributed by atoms with E-state index >= 15 is 0 Å². The molecule has 0 aliphatic rings. The summed E-state index contributed by atoms with van der Waals surface area (Å²) in [5, 5.41) is 10.4. The predicted octanol–water partition coefficient (Wildman–Crippen LogP) is 3.44. The lowest BCUT2D eigenvalue weighted by molar-refractivity contribution is -0.146. The number of hydrogen-bond acceptors (Lipinski definition) is 1. The minimum atomic E-state index is -4.29. The normalized spacial score (nSPS) is 13.2. The highest BCUT2D eigenvalue weighted by Crippen LogP contribution is 2.34. The Morgan fingerprint density at radius 3 is 2.19 bits per heavy atom. The summed E-state index contributed by atoms with van der Waals surface area (Å²) >= 11 is 0. The Balaban J connectivity index is 2.83. The molecule has 1 atom stereocenters. The summed E-state index contributed by atoms with van der Waals surface area (Å²) in [5.41, 5.74) is 0.342. The maximum atomic E-state index is 12.3. The summed E-state index contributed by atoms with van der Waals surface area (Å²) in [6, 6.07) is 5.10. The Morgan fingerprint density at radius 2 is 1.81 bits per heavy atom. The van der Waals surface area contributed by atoms with Crippen LogP contribution in [0, 0.1) is 0 Å². The Morgan fingerprint density at radius 1 is 1.31 bits per heavy atom. The van der Waals surface area contributed by atoms with E-state index in [1.807, 2.05) is 5.32 Å². The summed E-state index contributed by atoms with van der Waals surface area (Å²) in [4.78, 5) is 10.3. The van der Waals surface area contributed by atoms with Gasteiger partial charge in [-0.05, 0) is 24.6 Å². The summed E-state index contributed by atoms with van der Waals surface area (Å²) < 4.78 is 37.0. The number of halogens is 3. The number of benzene rings is 1. The van der Waals surface area contributed by atoms with E-state index in [2.05, 4.69) is 0 Å². The standard InChI is InChI=1S/C10H10F3NO2/c1-6(10(11,12)13)7-2-4-8(5-3-7)14-9(15)16/h2-6,14H,1H3,(H,15,16). The molecule has 1 rings (SSSR count). The van der Waals surface area contributed by atoms with E-state index in [0.717, 1.165) is 6.92 Å². The zero-order valence-electron chi connectivity index (χ0n) is 8.38. The first kappa shape index (κ1) is 12.4. The quantitative estimate of drug-likeness (QED) is 0.821. The molecule has 16 heavy (non-hydrogen) atoms. The summed E-state index contributed by atoms with van der Waals surface area (Å²) in [6.07, 6.45) is -5.54. The fraction of sp³-hybridized carbons (Fsp3) is 0.300. The first-order valence-corrected chi connectivity index (χ1v) is 4.47. The van der Waals surface area contributed by atoms with Crippen molar-refractivity contribution in [3.63, 3.8) is 0 Å². The average Bonchev–Trinajstić information content (AvgIpc) is 2.15. The predicted molar refractivity (Wildman–Crippen MR) is 52.6 cm³/mol. The minimum absolute atomic E-state index is 0.100. The molecule has 3 nitrogen and oxygen atoms in total. The molecule has 2 N–H and O–H groups in total. The van der Waals surface area contributed by atoms with Gasteiger partial charge in [-0.25, -0.2) is 4.79 Å². The van der Waals surface area contributed by atoms with E-state index in [1.54, 1.807) is 0 Å². The Bertz CT molecular complexity index is 373. The van der Waals surface area contributed by atoms with E-state index in [-0.39, 0.29) is 11.3 Å². The van der Waals surface area contributed by atoms with Gasteiger partial charge in [-0.1, -0.05) is 12.1 Å². The highest BCUT2D eigenvalue weighted by atomic mass is 19.4. The molecule has 1 aromatic rings. The monoisotopic (exact) mass is 233 g/mol. The van der Waals surface area contributed by atoms with Gasteiger partial charge in [0, 0.05) is 5.69 Å². The molecule has 0 aromatic heterocycles. The molecule has 0 saturated carbocycles. The summed E-state index contributed by atoms with van der Waals surface area (Å²) in [5.74, 6) is -1.56. The third-order valence-corrected chi connectivity index (χ3v) is 2.15. The Kier molecular flexibility index (Phi) is 3.41. The first-order chi connectivity index (χ1) is 7.30. The van der Waals surface area contributed by atoms with E-state index in [9.17, 15) is 18.0 Å². The van der Waals surface area contributed by atoms with Gasteiger partial charge >= 0.3 is 12.3 Å². The van der Waals surface area contributed by atoms with Crippen molar-refractivity contribution >= 4 is 11.8 Å². The number of nitrogens with one attached hydrogen (secondary N) is 1. The van der Waals surface area contributed by atoms with Gasteiger partial charge in [-0.3, -0.25) is 5.32 Å². The number of amides is 1. The van der Waals surface area contributed by atoms with Crippen LogP contribution in [0.25, 0.3) is 0 Å². The molecule has 1 aromatic carbocycles. The van der Waals surface area contributed by atoms with Crippen molar-refractivity contribution in [2.24, 2.45) is 0 Å². The zero-order valence-corrected chi connectivity index (χ0v) is 8.38. The van der Waals surface area contributed by atoms with Crippen molar-refractivity contribution in [2.75, 3.05) is 5.32 Å². The number of rotatable bonds is 2. The minimum Gasteiger partial charge on any atom is -0.465 e. The Hall–Kier alpha value is -1.72. The van der Waals surface area contributed by atoms with Gasteiger partial charge in [-0.15, -0.1) is 0 Å². The fourth-order valence-electron chi connectivity index (χ4n) is 1.17. The van der Waals surface area contributed by atoms with Crippen LogP contribution in [0.3, 0.4) is 0 Å². The van der Waals surface area contributed by atoms with Gasteiger partial charge in [0.25, 0.3) is 0 Å². The highest BCUT2D eigenvalue weighted by Gasteiger charge is 2.36. The van der Waals surface area contributed by atoms with Gasteiger partial charge in [0.15, 0.2) is 0 Å². The second kappa shape index (κ2) is 4.42. The van der Waals surface area contributed by atoms with Gasteiger partial charge in [0.05, 0.1) is 5.92 Å². The largest absolute Gasteiger partial charge is 0.465 e. The van der Waals surface area contributed by atoms with Crippen LogP contribution in [-0.4, -0.2) is 17.4 Å². The molecule has 1 unspecified atom stereocenters. The van der Waals surface area contributed by atoms with Gasteiger partial charge in [-0.2, -0.15) is 13.2 Å². The fourth-order valence-corrected chi connectivity index (χ4v) is 1.17. The van der Waals surface area contributed by atoms with Crippen molar-refractivity contribution in [2.45, 2.75) is 19.0 Å². The number of carboxylic acid groups (broad SMARTS) is 1. The third-order valence-electron chi connectivity index (χ3n) is 2.15. The van der Waals surface area contributed by atoms with E-state index < -0.39 is 18.2 Å². The molecular formula is C10H10F3NO2. The summed E-state index contributed by atoms with van der Waals surface area (Å²) in [7, 11) is 0. The number of anilines is 1. The molecule has 0 radical (unpaired) electrons. The third kappa shape index (κ3) is 3.15. The van der Waals surface area contributed by atoms with Crippen LogP contribution in [0.1, 0.15) is 18.4 Å². The highest BCUT2D eigenvalue weighted by molar-refractivity contribution is 5.82. The lowest BCUT2D eigenvalue weighted by Gasteiger charge is -2.16. The second-order valence-electron chi connectivity index (χ2n) is 3.32. The summed E-state index contributed by atoms with van der Waals surface area (Å²) in [6.45, 7) is 1.06. The molecule has 0 aliphatic heterocycles. The maximum absolute atomic E-state index is 12.3. The molecule has 0 aliphatic carbocycles. The smallest absolute Gasteiger partial charge is 0.409 e. The molecule has 1 amide bonds.